The third-order valence-electron chi connectivity index (χ3n) is 2.21. The molecular formula is C13H18BrN3. The highest BCUT2D eigenvalue weighted by Crippen LogP contribution is 2.03. The van der Waals surface area contributed by atoms with Crippen LogP contribution in [-0.2, 0) is 0 Å². The lowest BCUT2D eigenvalue weighted by molar-refractivity contribution is 0.781. The smallest absolute Gasteiger partial charge is 0.123 e. The topological polar surface area (TPSA) is 30.7 Å². The van der Waals surface area contributed by atoms with E-state index < -0.39 is 0 Å². The molecule has 0 saturated heterocycles. The second kappa shape index (κ2) is 8.93. The lowest BCUT2D eigenvalue weighted by Gasteiger charge is -1.97. The Hall–Kier alpha value is -1.16. The molecule has 1 aromatic carbocycles. The fraction of sp³-hybridized carbons (Fsp3) is 0.385. The Labute approximate surface area is 111 Å². The van der Waals surface area contributed by atoms with E-state index in [-0.39, 0.29) is 0 Å². The van der Waals surface area contributed by atoms with E-state index in [1.54, 1.807) is 12.7 Å². The summed E-state index contributed by atoms with van der Waals surface area (Å²) in [5, 5.41) is 8.59. The van der Waals surface area contributed by atoms with Crippen molar-refractivity contribution in [3.05, 3.63) is 43.0 Å². The van der Waals surface area contributed by atoms with Crippen molar-refractivity contribution in [2.75, 3.05) is 5.33 Å². The number of aromatic nitrogens is 3. The van der Waals surface area contributed by atoms with Crippen LogP contribution in [0.15, 0.2) is 43.0 Å². The third-order valence-corrected chi connectivity index (χ3v) is 2.77. The van der Waals surface area contributed by atoms with E-state index in [0.29, 0.717) is 0 Å². The minimum Gasteiger partial charge on any atom is -0.288 e. The molecule has 0 atom stereocenters. The van der Waals surface area contributed by atoms with E-state index in [0.717, 1.165) is 5.69 Å². The molecule has 0 spiro atoms. The van der Waals surface area contributed by atoms with Crippen LogP contribution in [0, 0.1) is 0 Å². The quantitative estimate of drug-likeness (QED) is 0.634. The molecule has 17 heavy (non-hydrogen) atoms. The minimum atomic E-state index is 1.08. The van der Waals surface area contributed by atoms with Crippen LogP contribution in [-0.4, -0.2) is 20.1 Å². The van der Waals surface area contributed by atoms with Crippen LogP contribution in [0.5, 0.6) is 0 Å². The number of unbranched alkanes of at least 4 members (excludes halogenated alkanes) is 2. The molecule has 3 nitrogen and oxygen atoms in total. The monoisotopic (exact) mass is 295 g/mol. The summed E-state index contributed by atoms with van der Waals surface area (Å²) in [4.78, 5) is 0. The zero-order valence-corrected chi connectivity index (χ0v) is 11.7. The number of hydrogen-bond donors (Lipinski definition) is 0. The summed E-state index contributed by atoms with van der Waals surface area (Å²) in [7, 11) is 0. The second-order valence-corrected chi connectivity index (χ2v) is 4.39. The van der Waals surface area contributed by atoms with Crippen molar-refractivity contribution in [1.82, 2.24) is 14.8 Å². The highest BCUT2D eigenvalue weighted by Gasteiger charge is 1.91. The van der Waals surface area contributed by atoms with Gasteiger partial charge in [-0.05, 0) is 18.6 Å². The van der Waals surface area contributed by atoms with Crippen molar-refractivity contribution in [3.63, 3.8) is 0 Å². The molecule has 0 radical (unpaired) electrons. The molecule has 4 heteroatoms. The Kier molecular flexibility index (Phi) is 7.30. The Morgan fingerprint density at radius 1 is 1.06 bits per heavy atom. The Morgan fingerprint density at radius 3 is 2.18 bits per heavy atom. The first-order valence-corrected chi connectivity index (χ1v) is 6.96. The van der Waals surface area contributed by atoms with Gasteiger partial charge in [0.25, 0.3) is 0 Å². The van der Waals surface area contributed by atoms with Gasteiger partial charge in [-0.25, -0.2) is 0 Å². The normalized spacial score (nSPS) is 9.53. The van der Waals surface area contributed by atoms with E-state index in [1.165, 1.54) is 24.6 Å². The van der Waals surface area contributed by atoms with E-state index in [9.17, 15) is 0 Å². The van der Waals surface area contributed by atoms with Crippen molar-refractivity contribution in [1.29, 1.82) is 0 Å². The summed E-state index contributed by atoms with van der Waals surface area (Å²) < 4.78 is 1.86. The Morgan fingerprint density at radius 2 is 1.71 bits per heavy atom. The number of para-hydroxylation sites is 1. The maximum absolute atomic E-state index is 3.71. The van der Waals surface area contributed by atoms with Crippen molar-refractivity contribution in [2.45, 2.75) is 26.2 Å². The SMILES string of the molecule is CCCCCBr.c1ccc(-n2cnnc2)cc1. The Balaban J connectivity index is 0.000000209. The first kappa shape index (κ1) is 13.9. The number of rotatable bonds is 4. The molecule has 0 saturated carbocycles. The van der Waals surface area contributed by atoms with Gasteiger partial charge in [0, 0.05) is 11.0 Å². The molecule has 0 aliphatic rings. The predicted octanol–water partition coefficient (Wildman–Crippen LogP) is 3.84. The number of alkyl halides is 1. The van der Waals surface area contributed by atoms with E-state index in [1.807, 2.05) is 34.9 Å². The number of halogens is 1. The standard InChI is InChI=1S/C8H7N3.C5H11Br/c1-2-4-8(5-3-1)11-6-9-10-7-11;1-2-3-4-5-6/h1-7H;2-5H2,1H3. The fourth-order valence-electron chi connectivity index (χ4n) is 1.28. The molecule has 92 valence electrons. The van der Waals surface area contributed by atoms with Crippen LogP contribution in [0.3, 0.4) is 0 Å². The minimum absolute atomic E-state index is 1.08. The molecule has 0 fully saturated rings. The summed E-state index contributed by atoms with van der Waals surface area (Å²) in [5.41, 5.74) is 1.08. The maximum atomic E-state index is 3.71. The maximum Gasteiger partial charge on any atom is 0.123 e. The van der Waals surface area contributed by atoms with Gasteiger partial charge in [0.15, 0.2) is 0 Å². The van der Waals surface area contributed by atoms with Crippen LogP contribution in [0.2, 0.25) is 0 Å². The molecule has 0 amide bonds. The zero-order valence-electron chi connectivity index (χ0n) is 10.1. The van der Waals surface area contributed by atoms with Gasteiger partial charge in [0.1, 0.15) is 12.7 Å². The van der Waals surface area contributed by atoms with Gasteiger partial charge in [-0.15, -0.1) is 10.2 Å². The van der Waals surface area contributed by atoms with E-state index >= 15 is 0 Å². The van der Waals surface area contributed by atoms with Gasteiger partial charge in [-0.3, -0.25) is 4.57 Å². The predicted molar refractivity (Wildman–Crippen MR) is 74.7 cm³/mol. The lowest BCUT2D eigenvalue weighted by Crippen LogP contribution is -1.87. The van der Waals surface area contributed by atoms with Crippen molar-refractivity contribution < 1.29 is 0 Å². The fourth-order valence-corrected chi connectivity index (χ4v) is 1.68. The highest BCUT2D eigenvalue weighted by atomic mass is 79.9. The van der Waals surface area contributed by atoms with Gasteiger partial charge in [0.2, 0.25) is 0 Å². The summed E-state index contributed by atoms with van der Waals surface area (Å²) in [5.74, 6) is 0. The average Bonchev–Trinajstić information content (AvgIpc) is 2.92. The van der Waals surface area contributed by atoms with E-state index in [2.05, 4.69) is 33.1 Å². The number of nitrogens with zero attached hydrogens (tertiary/aromatic N) is 3. The second-order valence-electron chi connectivity index (χ2n) is 3.60. The van der Waals surface area contributed by atoms with Gasteiger partial charge >= 0.3 is 0 Å². The average molecular weight is 296 g/mol. The molecule has 0 unspecified atom stereocenters. The lowest BCUT2D eigenvalue weighted by atomic mass is 10.3. The van der Waals surface area contributed by atoms with Crippen molar-refractivity contribution in [3.8, 4) is 5.69 Å². The Bertz CT molecular complexity index is 369. The molecule has 2 aromatic rings. The largest absolute Gasteiger partial charge is 0.288 e. The first-order chi connectivity index (χ1) is 8.38. The molecular weight excluding hydrogens is 278 g/mol. The van der Waals surface area contributed by atoms with E-state index in [4.69, 9.17) is 0 Å². The molecule has 2 rings (SSSR count). The molecule has 0 aliphatic carbocycles. The number of benzene rings is 1. The van der Waals surface area contributed by atoms with Gasteiger partial charge in [-0.1, -0.05) is 53.9 Å². The summed E-state index contributed by atoms with van der Waals surface area (Å²) in [6, 6.07) is 9.95. The summed E-state index contributed by atoms with van der Waals surface area (Å²) in [6.07, 6.45) is 7.37. The molecule has 0 bridgehead atoms. The van der Waals surface area contributed by atoms with Crippen LogP contribution >= 0.6 is 15.9 Å². The summed E-state index contributed by atoms with van der Waals surface area (Å²) >= 11 is 3.35. The first-order valence-electron chi connectivity index (χ1n) is 5.84. The van der Waals surface area contributed by atoms with Crippen LogP contribution in [0.25, 0.3) is 5.69 Å². The van der Waals surface area contributed by atoms with Crippen molar-refractivity contribution in [2.24, 2.45) is 0 Å². The van der Waals surface area contributed by atoms with Gasteiger partial charge in [0.05, 0.1) is 0 Å². The molecule has 1 aromatic heterocycles. The molecule has 0 aliphatic heterocycles. The third kappa shape index (κ3) is 5.63. The molecule has 0 N–H and O–H groups in total. The van der Waals surface area contributed by atoms with Crippen LogP contribution < -0.4 is 0 Å². The summed E-state index contributed by atoms with van der Waals surface area (Å²) in [6.45, 7) is 2.21. The highest BCUT2D eigenvalue weighted by molar-refractivity contribution is 9.09. The number of hydrogen-bond acceptors (Lipinski definition) is 2. The van der Waals surface area contributed by atoms with Crippen molar-refractivity contribution >= 4 is 15.9 Å². The van der Waals surface area contributed by atoms with Crippen LogP contribution in [0.4, 0.5) is 0 Å². The van der Waals surface area contributed by atoms with Gasteiger partial charge < -0.3 is 0 Å². The van der Waals surface area contributed by atoms with Crippen LogP contribution in [0.1, 0.15) is 26.2 Å². The van der Waals surface area contributed by atoms with Gasteiger partial charge in [-0.2, -0.15) is 0 Å². The zero-order chi connectivity index (χ0) is 12.3. The molecule has 1 heterocycles.